The molecule has 0 unspecified atom stereocenters. The lowest BCUT2D eigenvalue weighted by atomic mass is 10.1. The molecule has 0 aliphatic carbocycles. The maximum absolute atomic E-state index is 14.1. The molecule has 6 heteroatoms. The average molecular weight is 282 g/mol. The zero-order chi connectivity index (χ0) is 14.5. The van der Waals surface area contributed by atoms with Gasteiger partial charge in [-0.15, -0.1) is 0 Å². The van der Waals surface area contributed by atoms with E-state index in [4.69, 9.17) is 9.84 Å². The molecule has 1 saturated heterocycles. The van der Waals surface area contributed by atoms with Gasteiger partial charge in [-0.1, -0.05) is 12.1 Å². The highest BCUT2D eigenvalue weighted by Crippen LogP contribution is 2.23. The van der Waals surface area contributed by atoms with E-state index in [1.165, 1.54) is 7.11 Å². The molecule has 1 aliphatic heterocycles. The maximum atomic E-state index is 14.1. The van der Waals surface area contributed by atoms with Gasteiger partial charge in [0.15, 0.2) is 5.82 Å². The summed E-state index contributed by atoms with van der Waals surface area (Å²) in [6.45, 7) is 2.00. The van der Waals surface area contributed by atoms with Crippen LogP contribution in [0, 0.1) is 5.82 Å². The normalized spacial score (nSPS) is 15.6. The van der Waals surface area contributed by atoms with Crippen molar-refractivity contribution in [1.29, 1.82) is 0 Å². The molecule has 110 valence electrons. The maximum Gasteiger partial charge on any atom is 0.248 e. The Bertz CT molecular complexity index is 473. The van der Waals surface area contributed by atoms with Crippen molar-refractivity contribution in [1.82, 2.24) is 4.90 Å². The second-order valence-corrected chi connectivity index (χ2v) is 4.71. The largest absolute Gasteiger partial charge is 0.392 e. The zero-order valence-electron chi connectivity index (χ0n) is 11.5. The first kappa shape index (κ1) is 14.7. The van der Waals surface area contributed by atoms with Crippen LogP contribution in [0.4, 0.5) is 10.1 Å². The van der Waals surface area contributed by atoms with E-state index >= 15 is 0 Å². The Morgan fingerprint density at radius 3 is 2.65 bits per heavy atom. The van der Waals surface area contributed by atoms with Crippen molar-refractivity contribution >= 4 is 11.6 Å². The van der Waals surface area contributed by atoms with E-state index in [9.17, 15) is 9.18 Å². The van der Waals surface area contributed by atoms with Gasteiger partial charge in [-0.05, 0) is 6.07 Å². The fraction of sp³-hybridized carbons (Fsp3) is 0.500. The molecule has 0 aromatic heterocycles. The number of hydrogen-bond donors (Lipinski definition) is 1. The molecule has 0 bridgehead atoms. The summed E-state index contributed by atoms with van der Waals surface area (Å²) in [6.07, 6.45) is 0. The van der Waals surface area contributed by atoms with E-state index in [0.717, 1.165) is 0 Å². The average Bonchev–Trinajstić information content (AvgIpc) is 2.48. The summed E-state index contributed by atoms with van der Waals surface area (Å²) in [5, 5.41) is 9.09. The summed E-state index contributed by atoms with van der Waals surface area (Å²) in [4.78, 5) is 15.3. The van der Waals surface area contributed by atoms with Gasteiger partial charge < -0.3 is 19.6 Å². The Hall–Kier alpha value is -1.66. The van der Waals surface area contributed by atoms with Gasteiger partial charge >= 0.3 is 0 Å². The monoisotopic (exact) mass is 282 g/mol. The van der Waals surface area contributed by atoms with Crippen LogP contribution < -0.4 is 4.90 Å². The van der Waals surface area contributed by atoms with E-state index in [-0.39, 0.29) is 24.9 Å². The Balaban J connectivity index is 2.02. The molecular weight excluding hydrogens is 263 g/mol. The number of carbonyl (C=O) groups excluding carboxylic acids is 1. The van der Waals surface area contributed by atoms with Crippen LogP contribution >= 0.6 is 0 Å². The molecule has 1 amide bonds. The van der Waals surface area contributed by atoms with Crippen molar-refractivity contribution in [2.75, 3.05) is 44.8 Å². The third kappa shape index (κ3) is 3.08. The molecule has 1 aromatic rings. The van der Waals surface area contributed by atoms with Crippen LogP contribution in [0.1, 0.15) is 5.56 Å². The SMILES string of the molecule is COCC(=O)N1CCN(c2cccc(CO)c2F)CC1. The van der Waals surface area contributed by atoms with E-state index < -0.39 is 0 Å². The number of anilines is 1. The lowest BCUT2D eigenvalue weighted by Crippen LogP contribution is -2.50. The highest BCUT2D eigenvalue weighted by atomic mass is 19.1. The second kappa shape index (κ2) is 6.67. The molecule has 0 atom stereocenters. The molecule has 5 nitrogen and oxygen atoms in total. The fourth-order valence-corrected chi connectivity index (χ4v) is 2.34. The lowest BCUT2D eigenvalue weighted by molar-refractivity contribution is -0.135. The summed E-state index contributed by atoms with van der Waals surface area (Å²) in [5.74, 6) is -0.427. The highest BCUT2D eigenvalue weighted by molar-refractivity contribution is 5.77. The molecule has 1 aromatic carbocycles. The summed E-state index contributed by atoms with van der Waals surface area (Å²) in [6, 6.07) is 4.99. The highest BCUT2D eigenvalue weighted by Gasteiger charge is 2.23. The van der Waals surface area contributed by atoms with Crippen LogP contribution in [-0.4, -0.2) is 55.8 Å². The number of halogens is 1. The molecule has 1 N–H and O–H groups in total. The second-order valence-electron chi connectivity index (χ2n) is 4.71. The topological polar surface area (TPSA) is 53.0 Å². The summed E-state index contributed by atoms with van der Waals surface area (Å²) in [7, 11) is 1.49. The predicted octanol–water partition coefficient (Wildman–Crippen LogP) is 0.613. The molecule has 1 heterocycles. The lowest BCUT2D eigenvalue weighted by Gasteiger charge is -2.36. The van der Waals surface area contributed by atoms with Crippen molar-refractivity contribution < 1.29 is 19.0 Å². The Labute approximate surface area is 117 Å². The Kier molecular flexibility index (Phi) is 4.92. The van der Waals surface area contributed by atoms with Crippen molar-refractivity contribution in [2.45, 2.75) is 6.61 Å². The van der Waals surface area contributed by atoms with Gasteiger partial charge in [0.05, 0.1) is 12.3 Å². The Morgan fingerprint density at radius 2 is 2.05 bits per heavy atom. The van der Waals surface area contributed by atoms with Gasteiger partial charge in [0, 0.05) is 38.9 Å². The molecular formula is C14H19FN2O3. The predicted molar refractivity (Wildman–Crippen MR) is 73.0 cm³/mol. The number of ether oxygens (including phenoxy) is 1. The van der Waals surface area contributed by atoms with Gasteiger partial charge in [-0.2, -0.15) is 0 Å². The number of methoxy groups -OCH3 is 1. The number of carbonyl (C=O) groups is 1. The minimum atomic E-state index is -0.383. The fourth-order valence-electron chi connectivity index (χ4n) is 2.34. The van der Waals surface area contributed by atoms with E-state index in [1.807, 2.05) is 4.90 Å². The standard InChI is InChI=1S/C14H19FN2O3/c1-20-10-13(19)17-7-5-16(6-8-17)12-4-2-3-11(9-18)14(12)15/h2-4,18H,5-10H2,1H3. The van der Waals surface area contributed by atoms with Crippen LogP contribution in [0.3, 0.4) is 0 Å². The first-order chi connectivity index (χ1) is 9.67. The molecule has 0 spiro atoms. The summed E-state index contributed by atoms with van der Waals surface area (Å²) in [5.41, 5.74) is 0.774. The van der Waals surface area contributed by atoms with Crippen molar-refractivity contribution in [3.8, 4) is 0 Å². The third-order valence-electron chi connectivity index (χ3n) is 3.47. The minimum Gasteiger partial charge on any atom is -0.392 e. The smallest absolute Gasteiger partial charge is 0.248 e. The van der Waals surface area contributed by atoms with E-state index in [1.54, 1.807) is 23.1 Å². The van der Waals surface area contributed by atoms with Gasteiger partial charge in [-0.3, -0.25) is 4.79 Å². The van der Waals surface area contributed by atoms with Gasteiger partial charge in [0.2, 0.25) is 5.91 Å². The summed E-state index contributed by atoms with van der Waals surface area (Å²) < 4.78 is 19.0. The number of amides is 1. The number of piperazine rings is 1. The van der Waals surface area contributed by atoms with Crippen molar-refractivity contribution in [2.24, 2.45) is 0 Å². The summed E-state index contributed by atoms with van der Waals surface area (Å²) >= 11 is 0. The number of aliphatic hydroxyl groups excluding tert-OH is 1. The first-order valence-electron chi connectivity index (χ1n) is 6.57. The molecule has 1 aliphatic rings. The van der Waals surface area contributed by atoms with Crippen LogP contribution in [-0.2, 0) is 16.1 Å². The first-order valence-corrected chi connectivity index (χ1v) is 6.57. The number of rotatable bonds is 4. The van der Waals surface area contributed by atoms with Gasteiger partial charge in [-0.25, -0.2) is 4.39 Å². The molecule has 1 fully saturated rings. The van der Waals surface area contributed by atoms with Crippen molar-refractivity contribution in [3.05, 3.63) is 29.6 Å². The Morgan fingerprint density at radius 1 is 1.35 bits per heavy atom. The van der Waals surface area contributed by atoms with Crippen LogP contribution in [0.25, 0.3) is 0 Å². The molecule has 2 rings (SSSR count). The molecule has 0 saturated carbocycles. The molecule has 20 heavy (non-hydrogen) atoms. The minimum absolute atomic E-state index is 0.0447. The van der Waals surface area contributed by atoms with Crippen molar-refractivity contribution in [3.63, 3.8) is 0 Å². The number of nitrogens with zero attached hydrogens (tertiary/aromatic N) is 2. The van der Waals surface area contributed by atoms with Gasteiger partial charge in [0.1, 0.15) is 6.61 Å². The van der Waals surface area contributed by atoms with Crippen LogP contribution in [0.15, 0.2) is 18.2 Å². The van der Waals surface area contributed by atoms with E-state index in [0.29, 0.717) is 37.4 Å². The number of aliphatic hydroxyl groups is 1. The number of benzene rings is 1. The van der Waals surface area contributed by atoms with E-state index in [2.05, 4.69) is 0 Å². The quantitative estimate of drug-likeness (QED) is 0.879. The molecule has 0 radical (unpaired) electrons. The van der Waals surface area contributed by atoms with Crippen LogP contribution in [0.5, 0.6) is 0 Å². The zero-order valence-corrected chi connectivity index (χ0v) is 11.5. The third-order valence-corrected chi connectivity index (χ3v) is 3.47. The number of hydrogen-bond acceptors (Lipinski definition) is 4. The van der Waals surface area contributed by atoms with Crippen LogP contribution in [0.2, 0.25) is 0 Å². The van der Waals surface area contributed by atoms with Gasteiger partial charge in [0.25, 0.3) is 0 Å².